The number of hydrogen-bond donors (Lipinski definition) is 1. The summed E-state index contributed by atoms with van der Waals surface area (Å²) in [5.74, 6) is -0.711. The van der Waals surface area contributed by atoms with Gasteiger partial charge in [-0.1, -0.05) is 0 Å². The third-order valence-electron chi connectivity index (χ3n) is 4.25. The quantitative estimate of drug-likeness (QED) is 0.788. The maximum Gasteiger partial charge on any atom is 0.267 e. The lowest BCUT2D eigenvalue weighted by molar-refractivity contribution is -0.124. The minimum absolute atomic E-state index is 0.0735. The van der Waals surface area contributed by atoms with Gasteiger partial charge in [0.05, 0.1) is 29.7 Å². The maximum absolute atomic E-state index is 11.9. The van der Waals surface area contributed by atoms with Crippen LogP contribution in [0.2, 0.25) is 0 Å². The molecule has 0 bridgehead atoms. The Morgan fingerprint density at radius 1 is 1.41 bits per heavy atom. The third kappa shape index (κ3) is 3.21. The lowest BCUT2D eigenvalue weighted by atomic mass is 10.1. The van der Waals surface area contributed by atoms with Gasteiger partial charge in [0.15, 0.2) is 9.84 Å². The molecule has 1 saturated heterocycles. The Balaban J connectivity index is 1.55. The van der Waals surface area contributed by atoms with Crippen LogP contribution in [0.4, 0.5) is 0 Å². The van der Waals surface area contributed by atoms with Crippen LogP contribution in [0, 0.1) is 5.92 Å². The van der Waals surface area contributed by atoms with Gasteiger partial charge in [0.25, 0.3) is 5.56 Å². The smallest absolute Gasteiger partial charge is 0.267 e. The maximum atomic E-state index is 11.9. The molecule has 1 aromatic heterocycles. The SMILES string of the molecule is O=C(NCCn1nc2c(cc1=O)CCC2)C1CCS(=O)(=O)C1. The van der Waals surface area contributed by atoms with Crippen molar-refractivity contribution in [3.05, 3.63) is 27.7 Å². The fraction of sp³-hybridized carbons (Fsp3) is 0.643. The number of carbonyl (C=O) groups is 1. The van der Waals surface area contributed by atoms with Gasteiger partial charge in [0.1, 0.15) is 0 Å². The van der Waals surface area contributed by atoms with Crippen molar-refractivity contribution >= 4 is 15.7 Å². The van der Waals surface area contributed by atoms with Gasteiger partial charge in [-0.2, -0.15) is 5.10 Å². The number of carbonyl (C=O) groups excluding carboxylic acids is 1. The Labute approximate surface area is 128 Å². The Morgan fingerprint density at radius 3 is 2.95 bits per heavy atom. The number of hydrogen-bond acceptors (Lipinski definition) is 5. The predicted molar refractivity (Wildman–Crippen MR) is 80.3 cm³/mol. The standard InChI is InChI=1S/C14H19N3O4S/c18-13-8-10-2-1-3-12(10)16-17(13)6-5-15-14(19)11-4-7-22(20,21)9-11/h8,11H,1-7,9H2,(H,15,19). The molecule has 1 amide bonds. The van der Waals surface area contributed by atoms with E-state index in [0.717, 1.165) is 30.5 Å². The lowest BCUT2D eigenvalue weighted by Gasteiger charge is -2.10. The molecule has 0 radical (unpaired) electrons. The normalized spacial score (nSPS) is 22.5. The number of aryl methyl sites for hydroxylation is 2. The van der Waals surface area contributed by atoms with Crippen molar-refractivity contribution in [3.63, 3.8) is 0 Å². The van der Waals surface area contributed by atoms with E-state index in [1.807, 2.05) is 0 Å². The van der Waals surface area contributed by atoms with Gasteiger partial charge in [0, 0.05) is 12.6 Å². The van der Waals surface area contributed by atoms with Gasteiger partial charge < -0.3 is 5.32 Å². The van der Waals surface area contributed by atoms with Crippen LogP contribution < -0.4 is 10.9 Å². The van der Waals surface area contributed by atoms with Crippen LogP contribution in [0.1, 0.15) is 24.1 Å². The fourth-order valence-electron chi connectivity index (χ4n) is 3.03. The molecule has 0 aromatic carbocycles. The van der Waals surface area contributed by atoms with Crippen molar-refractivity contribution in [1.82, 2.24) is 15.1 Å². The molecule has 22 heavy (non-hydrogen) atoms. The van der Waals surface area contributed by atoms with E-state index in [1.165, 1.54) is 4.68 Å². The molecule has 1 unspecified atom stereocenters. The summed E-state index contributed by atoms with van der Waals surface area (Å²) in [6.45, 7) is 0.582. The number of fused-ring (bicyclic) bond motifs is 1. The lowest BCUT2D eigenvalue weighted by Crippen LogP contribution is -2.36. The molecule has 2 heterocycles. The Kier molecular flexibility index (Phi) is 4.03. The summed E-state index contributed by atoms with van der Waals surface area (Å²) in [5, 5.41) is 7.03. The van der Waals surface area contributed by atoms with E-state index in [2.05, 4.69) is 10.4 Å². The topological polar surface area (TPSA) is 98.1 Å². The average molecular weight is 325 g/mol. The Morgan fingerprint density at radius 2 is 2.23 bits per heavy atom. The van der Waals surface area contributed by atoms with Gasteiger partial charge >= 0.3 is 0 Å². The first-order chi connectivity index (χ1) is 10.4. The number of nitrogens with zero attached hydrogens (tertiary/aromatic N) is 2. The molecule has 8 heteroatoms. The number of nitrogens with one attached hydrogen (secondary N) is 1. The second-order valence-corrected chi connectivity index (χ2v) is 8.15. The molecule has 1 N–H and O–H groups in total. The number of aromatic nitrogens is 2. The third-order valence-corrected chi connectivity index (χ3v) is 6.02. The summed E-state index contributed by atoms with van der Waals surface area (Å²) < 4.78 is 24.1. The second-order valence-electron chi connectivity index (χ2n) is 5.92. The Bertz CT molecular complexity index is 754. The highest BCUT2D eigenvalue weighted by molar-refractivity contribution is 7.91. The van der Waals surface area contributed by atoms with Crippen molar-refractivity contribution in [1.29, 1.82) is 0 Å². The molecule has 0 spiro atoms. The predicted octanol–water partition coefficient (Wildman–Crippen LogP) is -0.717. The molecule has 1 aliphatic heterocycles. The molecular weight excluding hydrogens is 306 g/mol. The van der Waals surface area contributed by atoms with Gasteiger partial charge in [-0.3, -0.25) is 9.59 Å². The van der Waals surface area contributed by atoms with Crippen LogP contribution in [-0.4, -0.2) is 42.2 Å². The zero-order valence-corrected chi connectivity index (χ0v) is 13.1. The minimum atomic E-state index is -3.06. The van der Waals surface area contributed by atoms with Crippen LogP contribution in [0.25, 0.3) is 0 Å². The fourth-order valence-corrected chi connectivity index (χ4v) is 4.77. The molecular formula is C14H19N3O4S. The molecule has 2 aliphatic rings. The highest BCUT2D eigenvalue weighted by Crippen LogP contribution is 2.18. The highest BCUT2D eigenvalue weighted by atomic mass is 32.2. The van der Waals surface area contributed by atoms with E-state index in [0.29, 0.717) is 13.0 Å². The monoisotopic (exact) mass is 325 g/mol. The van der Waals surface area contributed by atoms with Gasteiger partial charge in [-0.25, -0.2) is 13.1 Å². The first-order valence-corrected chi connectivity index (χ1v) is 9.35. The summed E-state index contributed by atoms with van der Waals surface area (Å²) in [7, 11) is -3.06. The summed E-state index contributed by atoms with van der Waals surface area (Å²) in [5.41, 5.74) is 1.84. The van der Waals surface area contributed by atoms with Gasteiger partial charge in [0.2, 0.25) is 5.91 Å². The van der Waals surface area contributed by atoms with Crippen molar-refractivity contribution in [2.75, 3.05) is 18.1 Å². The summed E-state index contributed by atoms with van der Waals surface area (Å²) >= 11 is 0. The average Bonchev–Trinajstić information content (AvgIpc) is 3.04. The van der Waals surface area contributed by atoms with Crippen LogP contribution in [-0.2, 0) is 34.0 Å². The molecule has 120 valence electrons. The second kappa shape index (κ2) is 5.83. The van der Waals surface area contributed by atoms with E-state index < -0.39 is 15.8 Å². The highest BCUT2D eigenvalue weighted by Gasteiger charge is 2.32. The van der Waals surface area contributed by atoms with E-state index >= 15 is 0 Å². The van der Waals surface area contributed by atoms with Gasteiger partial charge in [-0.05, 0) is 31.2 Å². The van der Waals surface area contributed by atoms with Crippen molar-refractivity contribution in [3.8, 4) is 0 Å². The van der Waals surface area contributed by atoms with Crippen molar-refractivity contribution < 1.29 is 13.2 Å². The van der Waals surface area contributed by atoms with Crippen molar-refractivity contribution in [2.24, 2.45) is 5.92 Å². The first-order valence-electron chi connectivity index (χ1n) is 7.53. The zero-order chi connectivity index (χ0) is 15.7. The molecule has 0 saturated carbocycles. The summed E-state index contributed by atoms with van der Waals surface area (Å²) in [4.78, 5) is 23.8. The largest absolute Gasteiger partial charge is 0.354 e. The Hall–Kier alpha value is -1.70. The van der Waals surface area contributed by atoms with Crippen LogP contribution in [0.3, 0.4) is 0 Å². The number of amides is 1. The molecule has 1 fully saturated rings. The number of sulfone groups is 1. The summed E-state index contributed by atoms with van der Waals surface area (Å²) in [6.07, 6.45) is 3.21. The molecule has 1 aromatic rings. The molecule has 1 aliphatic carbocycles. The van der Waals surface area contributed by atoms with E-state index in [-0.39, 0.29) is 29.5 Å². The van der Waals surface area contributed by atoms with Crippen LogP contribution >= 0.6 is 0 Å². The molecule has 7 nitrogen and oxygen atoms in total. The van der Waals surface area contributed by atoms with Crippen molar-refractivity contribution in [2.45, 2.75) is 32.2 Å². The minimum Gasteiger partial charge on any atom is -0.354 e. The van der Waals surface area contributed by atoms with E-state index in [1.54, 1.807) is 6.07 Å². The number of rotatable bonds is 4. The first kappa shape index (κ1) is 15.2. The van der Waals surface area contributed by atoms with Crippen LogP contribution in [0.15, 0.2) is 10.9 Å². The van der Waals surface area contributed by atoms with Gasteiger partial charge in [-0.15, -0.1) is 0 Å². The zero-order valence-electron chi connectivity index (χ0n) is 12.2. The van der Waals surface area contributed by atoms with Crippen LogP contribution in [0.5, 0.6) is 0 Å². The molecule has 3 rings (SSSR count). The van der Waals surface area contributed by atoms with E-state index in [4.69, 9.17) is 0 Å². The molecule has 1 atom stereocenters. The summed E-state index contributed by atoms with van der Waals surface area (Å²) in [6, 6.07) is 1.63. The van der Waals surface area contributed by atoms with E-state index in [9.17, 15) is 18.0 Å².